The Morgan fingerprint density at radius 3 is 2.42 bits per heavy atom. The third kappa shape index (κ3) is 5.55. The van der Waals surface area contributed by atoms with Gasteiger partial charge in [-0.3, -0.25) is 4.79 Å². The van der Waals surface area contributed by atoms with Gasteiger partial charge in [0.25, 0.3) is 0 Å². The minimum absolute atomic E-state index is 0.134. The van der Waals surface area contributed by atoms with Crippen molar-refractivity contribution < 1.29 is 9.90 Å². The lowest BCUT2D eigenvalue weighted by molar-refractivity contribution is -0.136. The topological polar surface area (TPSA) is 66.3 Å². The fourth-order valence-electron chi connectivity index (χ4n) is 1.54. The van der Waals surface area contributed by atoms with Crippen LogP contribution >= 0.6 is 11.3 Å². The first-order valence-corrected chi connectivity index (χ1v) is 7.52. The van der Waals surface area contributed by atoms with Crippen molar-refractivity contribution >= 4 is 22.4 Å². The highest BCUT2D eigenvalue weighted by atomic mass is 32.1. The molecular formula is C13H23N3O2S. The summed E-state index contributed by atoms with van der Waals surface area (Å²) in [4.78, 5) is 12.8. The number of nitrogens with zero attached hydrogens (tertiary/aromatic N) is 3. The molecule has 19 heavy (non-hydrogen) atoms. The molecule has 6 heteroatoms. The number of rotatable bonds is 8. The van der Waals surface area contributed by atoms with E-state index < -0.39 is 5.97 Å². The smallest absolute Gasteiger partial charge is 0.305 e. The summed E-state index contributed by atoms with van der Waals surface area (Å²) in [6, 6.07) is 0. The molecule has 5 nitrogen and oxygen atoms in total. The molecule has 0 saturated heterocycles. The molecular weight excluding hydrogens is 262 g/mol. The van der Waals surface area contributed by atoms with Crippen molar-refractivity contribution in [2.24, 2.45) is 5.92 Å². The summed E-state index contributed by atoms with van der Waals surface area (Å²) in [6.45, 7) is 9.82. The minimum atomic E-state index is -0.775. The van der Waals surface area contributed by atoms with Gasteiger partial charge < -0.3 is 10.0 Å². The van der Waals surface area contributed by atoms with Gasteiger partial charge in [-0.2, -0.15) is 0 Å². The number of aliphatic carboxylic acids is 1. The van der Waals surface area contributed by atoms with Crippen molar-refractivity contribution in [1.82, 2.24) is 10.2 Å². The maximum atomic E-state index is 10.7. The van der Waals surface area contributed by atoms with Gasteiger partial charge >= 0.3 is 5.97 Å². The lowest BCUT2D eigenvalue weighted by atomic mass is 10.1. The molecule has 0 aliphatic heterocycles. The van der Waals surface area contributed by atoms with Crippen LogP contribution in [-0.4, -0.2) is 34.4 Å². The second-order valence-electron chi connectivity index (χ2n) is 5.39. The van der Waals surface area contributed by atoms with E-state index in [9.17, 15) is 4.79 Å². The van der Waals surface area contributed by atoms with Crippen LogP contribution in [0.25, 0.3) is 0 Å². The van der Waals surface area contributed by atoms with Crippen molar-refractivity contribution in [2.45, 2.75) is 46.5 Å². The number of hydrogen-bond acceptors (Lipinski definition) is 5. The molecule has 1 aromatic rings. The molecule has 0 atom stereocenters. The van der Waals surface area contributed by atoms with Crippen LogP contribution in [0, 0.1) is 5.92 Å². The molecule has 108 valence electrons. The fourth-order valence-corrected chi connectivity index (χ4v) is 2.43. The first-order chi connectivity index (χ1) is 8.90. The zero-order valence-corrected chi connectivity index (χ0v) is 12.9. The zero-order chi connectivity index (χ0) is 14.4. The Morgan fingerprint density at radius 2 is 1.95 bits per heavy atom. The van der Waals surface area contributed by atoms with E-state index >= 15 is 0 Å². The average Bonchev–Trinajstić information content (AvgIpc) is 2.77. The van der Waals surface area contributed by atoms with Crippen molar-refractivity contribution in [3.63, 3.8) is 0 Å². The van der Waals surface area contributed by atoms with Gasteiger partial charge in [0.05, 0.1) is 6.42 Å². The highest BCUT2D eigenvalue weighted by Gasteiger charge is 2.15. The summed E-state index contributed by atoms with van der Waals surface area (Å²) in [6.07, 6.45) is 1.16. The van der Waals surface area contributed by atoms with Gasteiger partial charge in [0.1, 0.15) is 5.01 Å². The summed E-state index contributed by atoms with van der Waals surface area (Å²) >= 11 is 1.56. The van der Waals surface area contributed by atoms with Gasteiger partial charge in [-0.15, -0.1) is 10.2 Å². The Hall–Kier alpha value is -1.17. The number of anilines is 1. The standard InChI is InChI=1S/C13H23N3O2S/c1-9(2)5-7-16(8-6-11(17)18)13-15-14-12(19-13)10(3)4/h9-10H,5-8H2,1-4H3,(H,17,18). The van der Waals surface area contributed by atoms with Gasteiger partial charge in [-0.25, -0.2) is 0 Å². The third-order valence-corrected chi connectivity index (χ3v) is 4.05. The largest absolute Gasteiger partial charge is 0.481 e. The first-order valence-electron chi connectivity index (χ1n) is 6.70. The lowest BCUT2D eigenvalue weighted by Crippen LogP contribution is -2.28. The summed E-state index contributed by atoms with van der Waals surface area (Å²) < 4.78 is 0. The van der Waals surface area contributed by atoms with Gasteiger partial charge in [0.2, 0.25) is 5.13 Å². The molecule has 0 saturated carbocycles. The van der Waals surface area contributed by atoms with E-state index in [-0.39, 0.29) is 6.42 Å². The Balaban J connectivity index is 2.72. The second kappa shape index (κ2) is 7.43. The number of carbonyl (C=O) groups is 1. The maximum Gasteiger partial charge on any atom is 0.305 e. The predicted molar refractivity (Wildman–Crippen MR) is 77.9 cm³/mol. The van der Waals surface area contributed by atoms with Crippen LogP contribution in [0.3, 0.4) is 0 Å². The predicted octanol–water partition coefficient (Wildman–Crippen LogP) is 2.99. The highest BCUT2D eigenvalue weighted by molar-refractivity contribution is 7.15. The Morgan fingerprint density at radius 1 is 1.26 bits per heavy atom. The Kier molecular flexibility index (Phi) is 6.21. The fraction of sp³-hybridized carbons (Fsp3) is 0.769. The SMILES string of the molecule is CC(C)CCN(CCC(=O)O)c1nnc(C(C)C)s1. The van der Waals surface area contributed by atoms with Crippen LogP contribution in [0.4, 0.5) is 5.13 Å². The molecule has 0 radical (unpaired) electrons. The third-order valence-electron chi connectivity index (χ3n) is 2.77. The van der Waals surface area contributed by atoms with Crippen molar-refractivity contribution in [2.75, 3.05) is 18.0 Å². The van der Waals surface area contributed by atoms with E-state index in [0.717, 1.165) is 23.1 Å². The van der Waals surface area contributed by atoms with Gasteiger partial charge in [-0.1, -0.05) is 39.0 Å². The van der Waals surface area contributed by atoms with Crippen LogP contribution in [-0.2, 0) is 4.79 Å². The molecule has 1 heterocycles. The number of hydrogen-bond donors (Lipinski definition) is 1. The molecule has 0 bridgehead atoms. The van der Waals surface area contributed by atoms with Crippen molar-refractivity contribution in [1.29, 1.82) is 0 Å². The van der Waals surface area contributed by atoms with Gasteiger partial charge in [0.15, 0.2) is 0 Å². The summed E-state index contributed by atoms with van der Waals surface area (Å²) in [5, 5.41) is 19.0. The molecule has 1 rings (SSSR count). The summed E-state index contributed by atoms with van der Waals surface area (Å²) in [5.74, 6) is 0.172. The molecule has 0 unspecified atom stereocenters. The van der Waals surface area contributed by atoms with E-state index in [1.807, 2.05) is 4.90 Å². The minimum Gasteiger partial charge on any atom is -0.481 e. The molecule has 1 N–H and O–H groups in total. The summed E-state index contributed by atoms with van der Waals surface area (Å²) in [7, 11) is 0. The Labute approximate surface area is 118 Å². The van der Waals surface area contributed by atoms with E-state index in [4.69, 9.17) is 5.11 Å². The summed E-state index contributed by atoms with van der Waals surface area (Å²) in [5.41, 5.74) is 0. The van der Waals surface area contributed by atoms with E-state index in [1.165, 1.54) is 0 Å². The van der Waals surface area contributed by atoms with Gasteiger partial charge in [0, 0.05) is 19.0 Å². The molecule has 0 spiro atoms. The quantitative estimate of drug-likeness (QED) is 0.795. The average molecular weight is 285 g/mol. The van der Waals surface area contributed by atoms with Crippen LogP contribution in [0.2, 0.25) is 0 Å². The molecule has 1 aromatic heterocycles. The van der Waals surface area contributed by atoms with Crippen molar-refractivity contribution in [3.8, 4) is 0 Å². The molecule has 0 amide bonds. The normalized spacial score (nSPS) is 11.3. The van der Waals surface area contributed by atoms with E-state index in [2.05, 4.69) is 37.9 Å². The maximum absolute atomic E-state index is 10.7. The lowest BCUT2D eigenvalue weighted by Gasteiger charge is -2.21. The molecule has 0 aromatic carbocycles. The van der Waals surface area contributed by atoms with E-state index in [0.29, 0.717) is 18.4 Å². The van der Waals surface area contributed by atoms with Crippen molar-refractivity contribution in [3.05, 3.63) is 5.01 Å². The van der Waals surface area contributed by atoms with Crippen LogP contribution in [0.15, 0.2) is 0 Å². The number of carboxylic acid groups (broad SMARTS) is 1. The van der Waals surface area contributed by atoms with Crippen LogP contribution in [0.1, 0.15) is 51.5 Å². The first kappa shape index (κ1) is 15.9. The second-order valence-corrected chi connectivity index (χ2v) is 6.38. The Bertz CT molecular complexity index is 404. The molecule has 0 aliphatic carbocycles. The molecule has 0 aliphatic rings. The number of aromatic nitrogens is 2. The van der Waals surface area contributed by atoms with E-state index in [1.54, 1.807) is 11.3 Å². The van der Waals surface area contributed by atoms with Gasteiger partial charge in [-0.05, 0) is 12.3 Å². The van der Waals surface area contributed by atoms with Crippen LogP contribution in [0.5, 0.6) is 0 Å². The zero-order valence-electron chi connectivity index (χ0n) is 12.1. The monoisotopic (exact) mass is 285 g/mol. The number of carboxylic acids is 1. The molecule has 0 fully saturated rings. The van der Waals surface area contributed by atoms with Crippen LogP contribution < -0.4 is 4.90 Å². The highest BCUT2D eigenvalue weighted by Crippen LogP contribution is 2.26.